The van der Waals surface area contributed by atoms with Gasteiger partial charge in [-0.1, -0.05) is 66.8 Å². The Morgan fingerprint density at radius 3 is 1.90 bits per heavy atom. The van der Waals surface area contributed by atoms with E-state index in [9.17, 15) is 0 Å². The zero-order valence-corrected chi connectivity index (χ0v) is 26.8. The van der Waals surface area contributed by atoms with Crippen molar-refractivity contribution in [3.63, 3.8) is 0 Å². The first-order valence-electron chi connectivity index (χ1n) is 16.8. The second-order valence-electron chi connectivity index (χ2n) is 12.8. The van der Waals surface area contributed by atoms with Crippen LogP contribution < -0.4 is 4.90 Å². The van der Waals surface area contributed by atoms with Gasteiger partial charge in [-0.2, -0.15) is 0 Å². The van der Waals surface area contributed by atoms with Gasteiger partial charge in [0.15, 0.2) is 5.58 Å². The van der Waals surface area contributed by atoms with Gasteiger partial charge in [0.1, 0.15) is 11.3 Å². The van der Waals surface area contributed by atoms with Crippen LogP contribution in [0.25, 0.3) is 55.5 Å². The summed E-state index contributed by atoms with van der Waals surface area (Å²) in [5.74, 6) is 0.812. The Labute approximate surface area is 284 Å². The van der Waals surface area contributed by atoms with E-state index in [1.807, 2.05) is 18.2 Å². The van der Waals surface area contributed by atoms with Gasteiger partial charge in [-0.05, 0) is 120 Å². The van der Waals surface area contributed by atoms with E-state index in [0.717, 1.165) is 58.0 Å². The normalized spacial score (nSPS) is 13.9. The average Bonchev–Trinajstić information content (AvgIpc) is 3.95. The number of hydrogen-bond donors (Lipinski definition) is 0. The van der Waals surface area contributed by atoms with Crippen LogP contribution >= 0.6 is 0 Å². The van der Waals surface area contributed by atoms with Crippen molar-refractivity contribution in [1.82, 2.24) is 9.55 Å². The monoisotopic (exact) mass is 629 g/mol. The van der Waals surface area contributed by atoms with Crippen molar-refractivity contribution in [2.75, 3.05) is 4.90 Å². The molecule has 4 heteroatoms. The molecule has 0 saturated heterocycles. The third-order valence-corrected chi connectivity index (χ3v) is 9.94. The van der Waals surface area contributed by atoms with Gasteiger partial charge in [0.2, 0.25) is 0 Å². The number of benzene rings is 5. The summed E-state index contributed by atoms with van der Waals surface area (Å²) in [7, 11) is 0. The Morgan fingerprint density at radius 1 is 0.612 bits per heavy atom. The molecule has 3 aromatic heterocycles. The first kappa shape index (κ1) is 27.7. The molecule has 2 aliphatic rings. The summed E-state index contributed by atoms with van der Waals surface area (Å²) < 4.78 is 8.49. The van der Waals surface area contributed by atoms with E-state index in [1.165, 1.54) is 44.1 Å². The Kier molecular flexibility index (Phi) is 6.28. The molecule has 0 aliphatic heterocycles. The predicted octanol–water partition coefficient (Wildman–Crippen LogP) is 12.1. The highest BCUT2D eigenvalue weighted by molar-refractivity contribution is 6.09. The molecular weight excluding hydrogens is 599 g/mol. The molecule has 4 nitrogen and oxygen atoms in total. The molecule has 49 heavy (non-hydrogen) atoms. The molecule has 2 aliphatic carbocycles. The van der Waals surface area contributed by atoms with Crippen molar-refractivity contribution in [3.05, 3.63) is 181 Å². The van der Waals surface area contributed by atoms with Gasteiger partial charge in [-0.15, -0.1) is 0 Å². The minimum absolute atomic E-state index is 0.792. The molecule has 0 saturated carbocycles. The van der Waals surface area contributed by atoms with Gasteiger partial charge in [0, 0.05) is 51.3 Å². The van der Waals surface area contributed by atoms with Crippen LogP contribution in [0.3, 0.4) is 0 Å². The maximum Gasteiger partial charge on any atom is 0.153 e. The molecule has 10 rings (SSSR count). The van der Waals surface area contributed by atoms with E-state index in [4.69, 9.17) is 4.42 Å². The van der Waals surface area contributed by atoms with Gasteiger partial charge < -0.3 is 13.9 Å². The maximum atomic E-state index is 6.13. The molecule has 0 amide bonds. The Hall–Kier alpha value is -6.39. The lowest BCUT2D eigenvalue weighted by Gasteiger charge is -2.26. The first-order valence-corrected chi connectivity index (χ1v) is 16.8. The molecule has 0 radical (unpaired) electrons. The topological polar surface area (TPSA) is 34.2 Å². The van der Waals surface area contributed by atoms with Gasteiger partial charge in [0.05, 0.1) is 11.0 Å². The Bertz CT molecular complexity index is 2550. The molecule has 0 fully saturated rings. The third-order valence-electron chi connectivity index (χ3n) is 9.94. The van der Waals surface area contributed by atoms with E-state index >= 15 is 0 Å². The smallest absolute Gasteiger partial charge is 0.153 e. The lowest BCUT2D eigenvalue weighted by molar-refractivity contribution is 0.631. The summed E-state index contributed by atoms with van der Waals surface area (Å²) in [5, 5.41) is 2.52. The van der Waals surface area contributed by atoms with E-state index in [0.29, 0.717) is 0 Å². The van der Waals surface area contributed by atoms with Crippen LogP contribution in [0.4, 0.5) is 17.1 Å². The standard InChI is InChI=1S/C45H31N3O/c1-3-11-42-39(9-1)40-10-2-4-12-43(40)48(42)38-24-22-37(23-25-38)47(35-18-14-30(15-19-35)34-27-32-7-5-8-33(32)28-34)36-20-16-31(17-21-36)45-29-41-44(49-45)13-6-26-46-41/h1-7,9-26,28-29H,8,27H2. The highest BCUT2D eigenvalue weighted by Gasteiger charge is 2.20. The fourth-order valence-corrected chi connectivity index (χ4v) is 7.55. The van der Waals surface area contributed by atoms with E-state index in [-0.39, 0.29) is 0 Å². The number of rotatable bonds is 6. The van der Waals surface area contributed by atoms with Crippen molar-refractivity contribution in [3.8, 4) is 17.0 Å². The quantitative estimate of drug-likeness (QED) is 0.184. The van der Waals surface area contributed by atoms with Crippen molar-refractivity contribution in [2.45, 2.75) is 12.8 Å². The fraction of sp³-hybridized carbons (Fsp3) is 0.0444. The van der Waals surface area contributed by atoms with Crippen molar-refractivity contribution in [1.29, 1.82) is 0 Å². The summed E-state index contributed by atoms with van der Waals surface area (Å²) in [4.78, 5) is 6.78. The number of nitrogens with zero attached hydrogens (tertiary/aromatic N) is 3. The molecule has 3 heterocycles. The van der Waals surface area contributed by atoms with Gasteiger partial charge >= 0.3 is 0 Å². The highest BCUT2D eigenvalue weighted by Crippen LogP contribution is 2.41. The molecule has 0 N–H and O–H groups in total. The van der Waals surface area contributed by atoms with Gasteiger partial charge in [-0.3, -0.25) is 4.98 Å². The number of aromatic nitrogens is 2. The van der Waals surface area contributed by atoms with Gasteiger partial charge in [0.25, 0.3) is 0 Å². The second-order valence-corrected chi connectivity index (χ2v) is 12.8. The summed E-state index contributed by atoms with van der Waals surface area (Å²) in [6.07, 6.45) is 10.8. The van der Waals surface area contributed by atoms with Crippen LogP contribution in [0, 0.1) is 0 Å². The predicted molar refractivity (Wildman–Crippen MR) is 202 cm³/mol. The van der Waals surface area contributed by atoms with Crippen LogP contribution in [-0.2, 0) is 0 Å². The molecule has 8 aromatic rings. The SMILES string of the molecule is C1=CC2=C(C=C(c3ccc(N(c4ccc(-c5cc6ncccc6o5)cc4)c4ccc(-n5c6ccccc6c6ccccc65)cc4)cc3)C2)C1. The molecule has 0 unspecified atom stereocenters. The summed E-state index contributed by atoms with van der Waals surface area (Å²) in [5.41, 5.74) is 15.1. The lowest BCUT2D eigenvalue weighted by Crippen LogP contribution is -2.10. The van der Waals surface area contributed by atoms with Crippen molar-refractivity contribution >= 4 is 55.5 Å². The Morgan fingerprint density at radius 2 is 1.24 bits per heavy atom. The second kappa shape index (κ2) is 11.1. The number of allylic oxidation sites excluding steroid dienone is 6. The minimum Gasteiger partial charge on any atom is -0.454 e. The van der Waals surface area contributed by atoms with Crippen LogP contribution in [0.5, 0.6) is 0 Å². The molecule has 232 valence electrons. The van der Waals surface area contributed by atoms with Gasteiger partial charge in [-0.25, -0.2) is 0 Å². The number of fused-ring (bicyclic) bond motifs is 4. The van der Waals surface area contributed by atoms with Crippen LogP contribution in [0.2, 0.25) is 0 Å². The van der Waals surface area contributed by atoms with Crippen LogP contribution in [0.15, 0.2) is 180 Å². The van der Waals surface area contributed by atoms with Crippen molar-refractivity contribution in [2.24, 2.45) is 0 Å². The average molecular weight is 630 g/mol. The number of furan rings is 1. The maximum absolute atomic E-state index is 6.13. The number of anilines is 3. The largest absolute Gasteiger partial charge is 0.454 e. The summed E-state index contributed by atoms with van der Waals surface area (Å²) in [6.45, 7) is 0. The van der Waals surface area contributed by atoms with E-state index in [2.05, 4.69) is 154 Å². The molecular formula is C45H31N3O. The number of hydrogen-bond acceptors (Lipinski definition) is 3. The third kappa shape index (κ3) is 4.64. The molecule has 0 bridgehead atoms. The number of pyridine rings is 1. The highest BCUT2D eigenvalue weighted by atomic mass is 16.3. The zero-order valence-electron chi connectivity index (χ0n) is 26.8. The summed E-state index contributed by atoms with van der Waals surface area (Å²) in [6, 6.07) is 49.7. The van der Waals surface area contributed by atoms with E-state index < -0.39 is 0 Å². The Balaban J connectivity index is 1.04. The fourth-order valence-electron chi connectivity index (χ4n) is 7.55. The van der Waals surface area contributed by atoms with Crippen LogP contribution in [-0.4, -0.2) is 9.55 Å². The lowest BCUT2D eigenvalue weighted by atomic mass is 10.0. The molecule has 0 atom stereocenters. The first-order chi connectivity index (χ1) is 24.3. The van der Waals surface area contributed by atoms with Crippen LogP contribution in [0.1, 0.15) is 18.4 Å². The molecule has 0 spiro atoms. The molecule has 5 aromatic carbocycles. The minimum atomic E-state index is 0.792. The zero-order chi connectivity index (χ0) is 32.3. The van der Waals surface area contributed by atoms with E-state index in [1.54, 1.807) is 6.20 Å². The number of para-hydroxylation sites is 2. The van der Waals surface area contributed by atoms with Crippen molar-refractivity contribution < 1.29 is 4.42 Å². The summed E-state index contributed by atoms with van der Waals surface area (Å²) >= 11 is 0.